The number of para-hydroxylation sites is 1. The number of benzene rings is 2. The van der Waals surface area contributed by atoms with E-state index in [2.05, 4.69) is 0 Å². The third-order valence-electron chi connectivity index (χ3n) is 3.85. The minimum absolute atomic E-state index is 0.114. The van der Waals surface area contributed by atoms with Gasteiger partial charge in [-0.05, 0) is 36.4 Å². The highest BCUT2D eigenvalue weighted by Crippen LogP contribution is 2.35. The SMILES string of the molecule is CN(C)S(=O)(=O)c1ccc(C(=O)N2CCSc3ccccc32)cc1. The van der Waals surface area contributed by atoms with Crippen LogP contribution in [0.5, 0.6) is 0 Å². The number of anilines is 1. The van der Waals surface area contributed by atoms with Crippen LogP contribution in [0.1, 0.15) is 10.4 Å². The molecule has 0 N–H and O–H groups in total. The fraction of sp³-hybridized carbons (Fsp3) is 0.235. The van der Waals surface area contributed by atoms with Gasteiger partial charge < -0.3 is 4.90 Å². The van der Waals surface area contributed by atoms with Gasteiger partial charge in [0.15, 0.2) is 0 Å². The molecule has 5 nitrogen and oxygen atoms in total. The summed E-state index contributed by atoms with van der Waals surface area (Å²) < 4.78 is 25.4. The van der Waals surface area contributed by atoms with Crippen molar-refractivity contribution in [1.29, 1.82) is 0 Å². The van der Waals surface area contributed by atoms with E-state index in [0.29, 0.717) is 12.1 Å². The van der Waals surface area contributed by atoms with Gasteiger partial charge in [-0.2, -0.15) is 0 Å². The van der Waals surface area contributed by atoms with Crippen LogP contribution in [0, 0.1) is 0 Å². The zero-order chi connectivity index (χ0) is 17.3. The Labute approximate surface area is 146 Å². The largest absolute Gasteiger partial charge is 0.306 e. The normalized spacial score (nSPS) is 14.5. The number of amides is 1. The molecule has 0 unspecified atom stereocenters. The van der Waals surface area contributed by atoms with Crippen LogP contribution < -0.4 is 4.90 Å². The maximum absolute atomic E-state index is 12.8. The first-order valence-electron chi connectivity index (χ1n) is 7.47. The van der Waals surface area contributed by atoms with Crippen LogP contribution in [0.15, 0.2) is 58.3 Å². The van der Waals surface area contributed by atoms with Gasteiger partial charge in [-0.1, -0.05) is 12.1 Å². The minimum Gasteiger partial charge on any atom is -0.306 e. The van der Waals surface area contributed by atoms with Gasteiger partial charge >= 0.3 is 0 Å². The highest BCUT2D eigenvalue weighted by Gasteiger charge is 2.24. The van der Waals surface area contributed by atoms with Crippen molar-refractivity contribution in [1.82, 2.24) is 4.31 Å². The first-order valence-corrected chi connectivity index (χ1v) is 9.90. The lowest BCUT2D eigenvalue weighted by molar-refractivity contribution is 0.0987. The molecule has 7 heteroatoms. The second kappa shape index (κ2) is 6.58. The Hall–Kier alpha value is -1.83. The van der Waals surface area contributed by atoms with Crippen LogP contribution >= 0.6 is 11.8 Å². The molecule has 0 atom stereocenters. The molecule has 1 aliphatic heterocycles. The van der Waals surface area contributed by atoms with Crippen LogP contribution in [0.3, 0.4) is 0 Å². The molecule has 24 heavy (non-hydrogen) atoms. The summed E-state index contributed by atoms with van der Waals surface area (Å²) in [5.74, 6) is 0.729. The van der Waals surface area contributed by atoms with Gasteiger partial charge in [0.05, 0.1) is 10.6 Å². The van der Waals surface area contributed by atoms with Crippen LogP contribution in [-0.2, 0) is 10.0 Å². The van der Waals surface area contributed by atoms with Crippen molar-refractivity contribution in [3.8, 4) is 0 Å². The Kier molecular flexibility index (Phi) is 4.67. The fourth-order valence-electron chi connectivity index (χ4n) is 2.52. The average molecular weight is 362 g/mol. The number of hydrogen-bond donors (Lipinski definition) is 0. The van der Waals surface area contributed by atoms with Gasteiger partial charge in [-0.15, -0.1) is 11.8 Å². The van der Waals surface area contributed by atoms with E-state index in [0.717, 1.165) is 20.6 Å². The molecule has 0 aliphatic carbocycles. The van der Waals surface area contributed by atoms with Crippen molar-refractivity contribution in [3.63, 3.8) is 0 Å². The number of sulfonamides is 1. The molecule has 0 bridgehead atoms. The monoisotopic (exact) mass is 362 g/mol. The Morgan fingerprint density at radius 2 is 1.75 bits per heavy atom. The molecule has 2 aromatic carbocycles. The molecule has 126 valence electrons. The summed E-state index contributed by atoms with van der Waals surface area (Å²) in [6, 6.07) is 13.9. The van der Waals surface area contributed by atoms with Gasteiger partial charge in [0.25, 0.3) is 5.91 Å². The number of thioether (sulfide) groups is 1. The van der Waals surface area contributed by atoms with Crippen LogP contribution in [0.4, 0.5) is 5.69 Å². The summed E-state index contributed by atoms with van der Waals surface area (Å²) in [6.07, 6.45) is 0. The molecule has 1 amide bonds. The van der Waals surface area contributed by atoms with Crippen LogP contribution in [-0.4, -0.2) is 45.0 Å². The molecule has 0 saturated heterocycles. The number of carbonyl (C=O) groups excluding carboxylic acids is 1. The van der Waals surface area contributed by atoms with Crippen molar-refractivity contribution in [3.05, 3.63) is 54.1 Å². The summed E-state index contributed by atoms with van der Waals surface area (Å²) in [7, 11) is -0.522. The molecular formula is C17H18N2O3S2. The molecule has 0 spiro atoms. The Bertz CT molecular complexity index is 862. The number of carbonyl (C=O) groups is 1. The van der Waals surface area contributed by atoms with E-state index >= 15 is 0 Å². The van der Waals surface area contributed by atoms with E-state index in [-0.39, 0.29) is 10.8 Å². The smallest absolute Gasteiger partial charge is 0.258 e. The number of rotatable bonds is 3. The zero-order valence-electron chi connectivity index (χ0n) is 13.5. The molecule has 0 fully saturated rings. The van der Waals surface area contributed by atoms with E-state index in [1.807, 2.05) is 24.3 Å². The molecular weight excluding hydrogens is 344 g/mol. The van der Waals surface area contributed by atoms with Crippen molar-refractivity contribution in [2.45, 2.75) is 9.79 Å². The van der Waals surface area contributed by atoms with Crippen molar-refractivity contribution in [2.75, 3.05) is 31.3 Å². The topological polar surface area (TPSA) is 57.7 Å². The van der Waals surface area contributed by atoms with E-state index < -0.39 is 10.0 Å². The van der Waals surface area contributed by atoms with Gasteiger partial charge in [0, 0.05) is 36.9 Å². The number of fused-ring (bicyclic) bond motifs is 1. The zero-order valence-corrected chi connectivity index (χ0v) is 15.1. The maximum atomic E-state index is 12.8. The summed E-state index contributed by atoms with van der Waals surface area (Å²) in [6.45, 7) is 0.637. The molecule has 0 radical (unpaired) electrons. The number of hydrogen-bond acceptors (Lipinski definition) is 4. The second-order valence-electron chi connectivity index (χ2n) is 5.58. The van der Waals surface area contributed by atoms with Crippen molar-refractivity contribution in [2.24, 2.45) is 0 Å². The third-order valence-corrected chi connectivity index (χ3v) is 6.73. The fourth-order valence-corrected chi connectivity index (χ4v) is 4.41. The first kappa shape index (κ1) is 17.0. The standard InChI is InChI=1S/C17H18N2O3S2/c1-18(2)24(21,22)14-9-7-13(8-10-14)17(20)19-11-12-23-16-6-4-3-5-15(16)19/h3-10H,11-12H2,1-2H3. The Morgan fingerprint density at radius 3 is 2.42 bits per heavy atom. The quantitative estimate of drug-likeness (QED) is 0.842. The summed E-state index contributed by atoms with van der Waals surface area (Å²) in [4.78, 5) is 15.8. The average Bonchev–Trinajstić information content (AvgIpc) is 2.60. The molecule has 0 aromatic heterocycles. The van der Waals surface area contributed by atoms with Gasteiger partial charge in [-0.25, -0.2) is 12.7 Å². The van der Waals surface area contributed by atoms with Gasteiger partial charge in [0.1, 0.15) is 0 Å². The second-order valence-corrected chi connectivity index (χ2v) is 8.87. The van der Waals surface area contributed by atoms with E-state index in [1.165, 1.54) is 26.2 Å². The van der Waals surface area contributed by atoms with Crippen molar-refractivity contribution < 1.29 is 13.2 Å². The highest BCUT2D eigenvalue weighted by atomic mass is 32.2. The third kappa shape index (κ3) is 3.07. The van der Waals surface area contributed by atoms with Gasteiger partial charge in [0.2, 0.25) is 10.0 Å². The summed E-state index contributed by atoms with van der Waals surface area (Å²) in [5, 5.41) is 0. The lowest BCUT2D eigenvalue weighted by Crippen LogP contribution is -2.35. The Morgan fingerprint density at radius 1 is 1.08 bits per heavy atom. The molecule has 1 aliphatic rings. The van der Waals surface area contributed by atoms with Gasteiger partial charge in [-0.3, -0.25) is 4.79 Å². The van der Waals surface area contributed by atoms with E-state index in [9.17, 15) is 13.2 Å². The summed E-state index contributed by atoms with van der Waals surface area (Å²) >= 11 is 1.74. The molecule has 2 aromatic rings. The minimum atomic E-state index is -3.49. The predicted octanol–water partition coefficient (Wildman–Crippen LogP) is 2.69. The maximum Gasteiger partial charge on any atom is 0.258 e. The molecule has 1 heterocycles. The first-order chi connectivity index (χ1) is 11.4. The molecule has 3 rings (SSSR count). The molecule has 0 saturated carbocycles. The van der Waals surface area contributed by atoms with E-state index in [1.54, 1.807) is 28.8 Å². The lowest BCUT2D eigenvalue weighted by Gasteiger charge is -2.29. The Balaban J connectivity index is 1.90. The van der Waals surface area contributed by atoms with E-state index in [4.69, 9.17) is 0 Å². The number of nitrogens with zero attached hydrogens (tertiary/aromatic N) is 2. The lowest BCUT2D eigenvalue weighted by atomic mass is 10.1. The predicted molar refractivity (Wildman–Crippen MR) is 96.2 cm³/mol. The van der Waals surface area contributed by atoms with Crippen LogP contribution in [0.25, 0.3) is 0 Å². The van der Waals surface area contributed by atoms with Crippen molar-refractivity contribution >= 4 is 33.4 Å². The highest BCUT2D eigenvalue weighted by molar-refractivity contribution is 7.99. The summed E-state index contributed by atoms with van der Waals surface area (Å²) in [5.41, 5.74) is 1.39. The van der Waals surface area contributed by atoms with Crippen LogP contribution in [0.2, 0.25) is 0 Å².